The van der Waals surface area contributed by atoms with Crippen LogP contribution in [0, 0.1) is 18.2 Å². The maximum absolute atomic E-state index is 15.5. The van der Waals surface area contributed by atoms with E-state index in [2.05, 4.69) is 20.4 Å². The van der Waals surface area contributed by atoms with Gasteiger partial charge >= 0.3 is 0 Å². The second-order valence-electron chi connectivity index (χ2n) is 9.76. The number of nitrogens with zero attached hydrogens (tertiary/aromatic N) is 5. The molecule has 3 aromatic heterocycles. The van der Waals surface area contributed by atoms with E-state index >= 15 is 4.39 Å². The minimum absolute atomic E-state index is 0.00487. The third kappa shape index (κ3) is 3.85. The fourth-order valence-corrected chi connectivity index (χ4v) is 5.43. The Kier molecular flexibility index (Phi) is 4.76. The van der Waals surface area contributed by atoms with E-state index in [4.69, 9.17) is 13.6 Å². The summed E-state index contributed by atoms with van der Waals surface area (Å²) in [7, 11) is -2.86. The van der Waals surface area contributed by atoms with Crippen molar-refractivity contribution in [3.05, 3.63) is 36.0 Å². The third-order valence-electron chi connectivity index (χ3n) is 7.39. The summed E-state index contributed by atoms with van der Waals surface area (Å²) in [6.07, 6.45) is 2.26. The molecule has 0 amide bonds. The highest BCUT2D eigenvalue weighted by Gasteiger charge is 2.41. The largest absolute Gasteiger partial charge is 0.479 e. The molecule has 190 valence electrons. The van der Waals surface area contributed by atoms with Crippen molar-refractivity contribution in [2.45, 2.75) is 51.6 Å². The minimum atomic E-state index is -2.86. The van der Waals surface area contributed by atoms with Gasteiger partial charge in [-0.15, -0.1) is 5.10 Å². The van der Waals surface area contributed by atoms with E-state index < -0.39 is 25.8 Å². The van der Waals surface area contributed by atoms with Gasteiger partial charge in [-0.3, -0.25) is 0 Å². The highest BCUT2D eigenvalue weighted by molar-refractivity contribution is 5.90. The van der Waals surface area contributed by atoms with Crippen molar-refractivity contribution in [1.29, 1.82) is 0 Å². The van der Waals surface area contributed by atoms with Gasteiger partial charge in [-0.1, -0.05) is 6.07 Å². The van der Waals surface area contributed by atoms with E-state index in [1.807, 2.05) is 0 Å². The summed E-state index contributed by atoms with van der Waals surface area (Å²) in [6.45, 7) is 2.61. The van der Waals surface area contributed by atoms with Gasteiger partial charge in [-0.2, -0.15) is 4.98 Å². The summed E-state index contributed by atoms with van der Waals surface area (Å²) in [5.41, 5.74) is 1.45. The number of alkyl halides is 2. The summed E-state index contributed by atoms with van der Waals surface area (Å²) in [4.78, 5) is 8.66. The summed E-state index contributed by atoms with van der Waals surface area (Å²) >= 11 is 0. The van der Waals surface area contributed by atoms with Crippen LogP contribution in [0.5, 0.6) is 5.88 Å². The Bertz CT molecular complexity index is 1540. The van der Waals surface area contributed by atoms with Gasteiger partial charge in [0.05, 0.1) is 53.7 Å². The number of nitrogens with one attached hydrogen (secondary N) is 1. The summed E-state index contributed by atoms with van der Waals surface area (Å²) < 4.78 is 78.1. The first-order chi connectivity index (χ1) is 18.5. The molecule has 1 saturated carbocycles. The number of aryl methyl sites for hydroxylation is 1. The van der Waals surface area contributed by atoms with Crippen LogP contribution < -0.4 is 10.1 Å². The molecule has 8 nitrogen and oxygen atoms in total. The van der Waals surface area contributed by atoms with Gasteiger partial charge in [0, 0.05) is 11.5 Å². The number of benzene rings is 1. The molecule has 1 aliphatic heterocycles. The van der Waals surface area contributed by atoms with Crippen LogP contribution in [0.3, 0.4) is 0 Å². The molecular formula is C25H27F3N6O2. The number of imidazole rings is 1. The lowest BCUT2D eigenvalue weighted by atomic mass is 9.71. The molecule has 2 aliphatic rings. The molecule has 0 atom stereocenters. The average Bonchev–Trinajstić information content (AvgIpc) is 3.32. The van der Waals surface area contributed by atoms with Gasteiger partial charge in [0.2, 0.25) is 11.8 Å². The van der Waals surface area contributed by atoms with Crippen LogP contribution in [0.2, 0.25) is 0 Å². The molecule has 0 radical (unpaired) electrons. The van der Waals surface area contributed by atoms with Crippen molar-refractivity contribution in [3.63, 3.8) is 0 Å². The molecule has 6 rings (SSSR count). The van der Waals surface area contributed by atoms with Crippen LogP contribution in [-0.2, 0) is 11.3 Å². The van der Waals surface area contributed by atoms with Crippen molar-refractivity contribution in [2.24, 2.45) is 5.41 Å². The van der Waals surface area contributed by atoms with Crippen LogP contribution in [0.25, 0.3) is 27.7 Å². The number of anilines is 1. The topological polar surface area (TPSA) is 78.5 Å². The molecule has 1 N–H and O–H groups in total. The van der Waals surface area contributed by atoms with Crippen LogP contribution >= 0.6 is 0 Å². The highest BCUT2D eigenvalue weighted by Crippen LogP contribution is 2.43. The SMILES string of the molecule is [2H]C([2H])([2H])Oc1nc(NC2CCC3(CC2)COC3)nn2cc(F)c(-c3ccc4nc(C)n(CC(F)F)c4c3)c12. The zero-order valence-corrected chi connectivity index (χ0v) is 19.6. The van der Waals surface area contributed by atoms with E-state index in [1.54, 1.807) is 25.1 Å². The van der Waals surface area contributed by atoms with Gasteiger partial charge in [-0.25, -0.2) is 22.7 Å². The standard InChI is InChI=1S/C25H27F3N6O2/c1-14-29-18-4-3-15(9-19(18)33(14)11-20(27)28)21-17(26)10-34-22(21)23(35-2)31-24(32-34)30-16-5-7-25(8-6-16)12-36-13-25/h3-4,9-10,16,20H,5-8,11-13H2,1-2H3,(H,30,32)/i2D3. The lowest BCUT2D eigenvalue weighted by Crippen LogP contribution is -2.47. The van der Waals surface area contributed by atoms with Crippen LogP contribution in [0.15, 0.2) is 24.4 Å². The average molecular weight is 504 g/mol. The first kappa shape index (κ1) is 19.8. The van der Waals surface area contributed by atoms with Gasteiger partial charge < -0.3 is 19.4 Å². The van der Waals surface area contributed by atoms with Crippen LogP contribution in [-0.4, -0.2) is 56.9 Å². The van der Waals surface area contributed by atoms with Crippen molar-refractivity contribution < 1.29 is 26.8 Å². The van der Waals surface area contributed by atoms with Gasteiger partial charge in [-0.05, 0) is 50.3 Å². The lowest BCUT2D eigenvalue weighted by molar-refractivity contribution is -0.131. The van der Waals surface area contributed by atoms with E-state index in [-0.39, 0.29) is 34.4 Å². The summed E-state index contributed by atoms with van der Waals surface area (Å²) in [5, 5.41) is 7.66. The molecule has 2 fully saturated rings. The smallest absolute Gasteiger partial charge is 0.256 e. The zero-order valence-electron chi connectivity index (χ0n) is 22.6. The predicted octanol–water partition coefficient (Wildman–Crippen LogP) is 4.84. The number of rotatable bonds is 6. The Hall–Kier alpha value is -3.34. The molecule has 1 spiro atoms. The Balaban J connectivity index is 1.41. The van der Waals surface area contributed by atoms with Gasteiger partial charge in [0.25, 0.3) is 6.43 Å². The normalized spacial score (nSPS) is 19.4. The Morgan fingerprint density at radius 1 is 1.28 bits per heavy atom. The van der Waals surface area contributed by atoms with Crippen LogP contribution in [0.1, 0.15) is 35.6 Å². The van der Waals surface area contributed by atoms with Gasteiger partial charge in [0.1, 0.15) is 11.3 Å². The molecule has 1 aliphatic carbocycles. The van der Waals surface area contributed by atoms with Crippen molar-refractivity contribution >= 4 is 22.5 Å². The number of ether oxygens (including phenoxy) is 2. The fraction of sp³-hybridized carbons (Fsp3) is 0.480. The lowest BCUT2D eigenvalue weighted by Gasteiger charge is -2.46. The molecule has 4 aromatic rings. The van der Waals surface area contributed by atoms with E-state index in [9.17, 15) is 8.78 Å². The molecular weight excluding hydrogens is 473 g/mol. The third-order valence-corrected chi connectivity index (χ3v) is 7.39. The molecule has 36 heavy (non-hydrogen) atoms. The molecule has 1 aromatic carbocycles. The molecule has 1 saturated heterocycles. The number of hydrogen-bond acceptors (Lipinski definition) is 6. The molecule has 0 unspecified atom stereocenters. The van der Waals surface area contributed by atoms with E-state index in [0.29, 0.717) is 22.4 Å². The Morgan fingerprint density at radius 2 is 2.08 bits per heavy atom. The predicted molar refractivity (Wildman–Crippen MR) is 128 cm³/mol. The minimum Gasteiger partial charge on any atom is -0.479 e. The molecule has 4 heterocycles. The van der Waals surface area contributed by atoms with Crippen molar-refractivity contribution in [2.75, 3.05) is 25.6 Å². The quantitative estimate of drug-likeness (QED) is 0.406. The fourth-order valence-electron chi connectivity index (χ4n) is 5.43. The molecule has 11 heteroatoms. The maximum Gasteiger partial charge on any atom is 0.256 e. The monoisotopic (exact) mass is 503 g/mol. The first-order valence-electron chi connectivity index (χ1n) is 13.4. The number of halogens is 3. The summed E-state index contributed by atoms with van der Waals surface area (Å²) in [5.74, 6) is -0.496. The Labute approximate surface area is 209 Å². The molecule has 0 bridgehead atoms. The zero-order chi connectivity index (χ0) is 27.5. The highest BCUT2D eigenvalue weighted by atomic mass is 19.3. The van der Waals surface area contributed by atoms with Crippen molar-refractivity contribution in [3.8, 4) is 17.0 Å². The maximum atomic E-state index is 15.5. The summed E-state index contributed by atoms with van der Waals surface area (Å²) in [6, 6.07) is 4.80. The van der Waals surface area contributed by atoms with E-state index in [1.165, 1.54) is 9.08 Å². The van der Waals surface area contributed by atoms with Gasteiger partial charge in [0.15, 0.2) is 5.82 Å². The van der Waals surface area contributed by atoms with Crippen molar-refractivity contribution in [1.82, 2.24) is 24.1 Å². The second kappa shape index (κ2) is 8.65. The van der Waals surface area contributed by atoms with Crippen LogP contribution in [0.4, 0.5) is 19.1 Å². The number of fused-ring (bicyclic) bond motifs is 2. The number of hydrogen-bond donors (Lipinski definition) is 1. The number of aromatic nitrogens is 5. The Morgan fingerprint density at radius 3 is 2.78 bits per heavy atom. The second-order valence-corrected chi connectivity index (χ2v) is 9.76. The van der Waals surface area contributed by atoms with E-state index in [0.717, 1.165) is 45.1 Å². The first-order valence-corrected chi connectivity index (χ1v) is 11.9. The number of methoxy groups -OCH3 is 1.